The van der Waals surface area contributed by atoms with Crippen molar-refractivity contribution in [3.8, 4) is 11.5 Å². The van der Waals surface area contributed by atoms with Crippen molar-refractivity contribution < 1.29 is 24.2 Å². The Bertz CT molecular complexity index is 663. The van der Waals surface area contributed by atoms with Crippen LogP contribution in [0.2, 0.25) is 0 Å². The number of β-amino-alcohol motifs (C(OH)–C–C–N with tert-alkyl or cyclic N) is 1. The first-order valence-corrected chi connectivity index (χ1v) is 8.58. The van der Waals surface area contributed by atoms with E-state index in [2.05, 4.69) is 5.32 Å². The van der Waals surface area contributed by atoms with Crippen LogP contribution in [0.4, 0.5) is 0 Å². The zero-order chi connectivity index (χ0) is 17.9. The molecule has 2 aliphatic rings. The number of carbonyl (C=O) groups excluding carboxylic acids is 2. The van der Waals surface area contributed by atoms with Gasteiger partial charge in [0.05, 0.1) is 18.4 Å². The molecule has 7 nitrogen and oxygen atoms in total. The van der Waals surface area contributed by atoms with E-state index in [1.807, 2.05) is 18.2 Å². The van der Waals surface area contributed by atoms with Crippen LogP contribution in [-0.2, 0) is 16.0 Å². The monoisotopic (exact) mass is 348 g/mol. The first-order valence-electron chi connectivity index (χ1n) is 8.58. The molecule has 1 aromatic carbocycles. The van der Waals surface area contributed by atoms with Crippen LogP contribution < -0.4 is 14.8 Å². The van der Waals surface area contributed by atoms with Crippen LogP contribution in [0.25, 0.3) is 0 Å². The lowest BCUT2D eigenvalue weighted by molar-refractivity contribution is -0.141. The molecule has 0 saturated carbocycles. The standard InChI is InChI=1S/C18H24N2O5/c1-19-16(21)11-18(23)5-2-6-20(12-18)17(22)10-13-3-4-14-15(9-13)25-8-7-24-14/h3-4,9,23H,2,5-8,10-12H2,1H3,(H,19,21). The minimum atomic E-state index is -1.15. The molecule has 1 unspecified atom stereocenters. The van der Waals surface area contributed by atoms with E-state index in [0.29, 0.717) is 44.1 Å². The van der Waals surface area contributed by atoms with Crippen LogP contribution in [0.3, 0.4) is 0 Å². The van der Waals surface area contributed by atoms with Gasteiger partial charge in [0.15, 0.2) is 11.5 Å². The number of benzene rings is 1. The number of fused-ring (bicyclic) bond motifs is 1. The summed E-state index contributed by atoms with van der Waals surface area (Å²) in [6.45, 7) is 1.81. The molecule has 7 heteroatoms. The fourth-order valence-electron chi connectivity index (χ4n) is 3.34. The highest BCUT2D eigenvalue weighted by atomic mass is 16.6. The van der Waals surface area contributed by atoms with E-state index in [1.165, 1.54) is 0 Å². The van der Waals surface area contributed by atoms with Gasteiger partial charge in [-0.1, -0.05) is 6.07 Å². The number of piperidine rings is 1. The lowest BCUT2D eigenvalue weighted by atomic mass is 9.89. The highest BCUT2D eigenvalue weighted by Crippen LogP contribution is 2.31. The van der Waals surface area contributed by atoms with Crippen LogP contribution in [0, 0.1) is 0 Å². The third kappa shape index (κ3) is 4.22. The van der Waals surface area contributed by atoms with Gasteiger partial charge in [-0.15, -0.1) is 0 Å². The number of ether oxygens (including phenoxy) is 2. The second-order valence-electron chi connectivity index (χ2n) is 6.65. The molecule has 1 fully saturated rings. The molecule has 25 heavy (non-hydrogen) atoms. The van der Waals surface area contributed by atoms with E-state index in [4.69, 9.17) is 9.47 Å². The topological polar surface area (TPSA) is 88.1 Å². The Balaban J connectivity index is 1.63. The third-order valence-electron chi connectivity index (χ3n) is 4.64. The summed E-state index contributed by atoms with van der Waals surface area (Å²) in [6.07, 6.45) is 1.44. The number of rotatable bonds is 4. The number of hydrogen-bond acceptors (Lipinski definition) is 5. The molecule has 2 N–H and O–H groups in total. The summed E-state index contributed by atoms with van der Waals surface area (Å²) in [5.74, 6) is 1.07. The summed E-state index contributed by atoms with van der Waals surface area (Å²) in [6, 6.07) is 5.49. The van der Waals surface area contributed by atoms with Crippen LogP contribution in [0.15, 0.2) is 18.2 Å². The fraction of sp³-hybridized carbons (Fsp3) is 0.556. The van der Waals surface area contributed by atoms with Crippen molar-refractivity contribution in [3.63, 3.8) is 0 Å². The molecule has 0 aliphatic carbocycles. The van der Waals surface area contributed by atoms with Crippen molar-refractivity contribution in [2.45, 2.75) is 31.3 Å². The Morgan fingerprint density at radius 1 is 1.28 bits per heavy atom. The second-order valence-corrected chi connectivity index (χ2v) is 6.65. The molecule has 0 bridgehead atoms. The molecule has 2 heterocycles. The number of aliphatic hydroxyl groups is 1. The van der Waals surface area contributed by atoms with Gasteiger partial charge in [0, 0.05) is 20.1 Å². The normalized spacial score (nSPS) is 22.4. The number of carbonyl (C=O) groups is 2. The summed E-state index contributed by atoms with van der Waals surface area (Å²) >= 11 is 0. The molecule has 0 radical (unpaired) electrons. The third-order valence-corrected chi connectivity index (χ3v) is 4.64. The molecule has 3 rings (SSSR count). The van der Waals surface area contributed by atoms with E-state index in [-0.39, 0.29) is 31.2 Å². The van der Waals surface area contributed by atoms with E-state index >= 15 is 0 Å². The van der Waals surface area contributed by atoms with Crippen LogP contribution in [-0.4, -0.2) is 60.8 Å². The lowest BCUT2D eigenvalue weighted by Crippen LogP contribution is -2.52. The van der Waals surface area contributed by atoms with Crippen LogP contribution in [0.5, 0.6) is 11.5 Å². The predicted octanol–water partition coefficient (Wildman–Crippen LogP) is 0.490. The lowest BCUT2D eigenvalue weighted by Gasteiger charge is -2.39. The van der Waals surface area contributed by atoms with Gasteiger partial charge in [0.25, 0.3) is 0 Å². The first kappa shape index (κ1) is 17.5. The van der Waals surface area contributed by atoms with Crippen molar-refractivity contribution in [2.24, 2.45) is 0 Å². The molecule has 0 aromatic heterocycles. The van der Waals surface area contributed by atoms with Gasteiger partial charge >= 0.3 is 0 Å². The van der Waals surface area contributed by atoms with Gasteiger partial charge < -0.3 is 24.8 Å². The van der Waals surface area contributed by atoms with Crippen molar-refractivity contribution in [3.05, 3.63) is 23.8 Å². The van der Waals surface area contributed by atoms with Crippen LogP contribution >= 0.6 is 0 Å². The van der Waals surface area contributed by atoms with Gasteiger partial charge in [-0.3, -0.25) is 9.59 Å². The maximum atomic E-state index is 12.6. The first-order chi connectivity index (χ1) is 12.0. The van der Waals surface area contributed by atoms with Crippen LogP contribution in [0.1, 0.15) is 24.8 Å². The highest BCUT2D eigenvalue weighted by Gasteiger charge is 2.36. The van der Waals surface area contributed by atoms with Gasteiger partial charge in [-0.05, 0) is 30.5 Å². The maximum Gasteiger partial charge on any atom is 0.227 e. The Kier molecular flexibility index (Phi) is 5.13. The molecule has 2 amide bonds. The molecular formula is C18H24N2O5. The minimum absolute atomic E-state index is 0.0112. The molecule has 1 atom stereocenters. The maximum absolute atomic E-state index is 12.6. The summed E-state index contributed by atoms with van der Waals surface area (Å²) in [7, 11) is 1.54. The minimum Gasteiger partial charge on any atom is -0.486 e. The molecular weight excluding hydrogens is 324 g/mol. The molecule has 1 saturated heterocycles. The largest absolute Gasteiger partial charge is 0.486 e. The zero-order valence-corrected chi connectivity index (χ0v) is 14.4. The zero-order valence-electron chi connectivity index (χ0n) is 14.4. The Labute approximate surface area is 146 Å². The average Bonchev–Trinajstić information content (AvgIpc) is 2.61. The predicted molar refractivity (Wildman–Crippen MR) is 90.6 cm³/mol. The van der Waals surface area contributed by atoms with Gasteiger partial charge in [-0.25, -0.2) is 0 Å². The van der Waals surface area contributed by atoms with Crippen molar-refractivity contribution in [2.75, 3.05) is 33.4 Å². The van der Waals surface area contributed by atoms with Gasteiger partial charge in [0.1, 0.15) is 13.2 Å². The fourth-order valence-corrected chi connectivity index (χ4v) is 3.34. The number of nitrogens with zero attached hydrogens (tertiary/aromatic N) is 1. The highest BCUT2D eigenvalue weighted by molar-refractivity contribution is 5.80. The number of likely N-dealkylation sites (tertiary alicyclic amines) is 1. The number of nitrogens with one attached hydrogen (secondary N) is 1. The van der Waals surface area contributed by atoms with E-state index in [0.717, 1.165) is 5.56 Å². The Morgan fingerprint density at radius 3 is 2.80 bits per heavy atom. The summed E-state index contributed by atoms with van der Waals surface area (Å²) in [5.41, 5.74) is -0.310. The van der Waals surface area contributed by atoms with Gasteiger partial charge in [0.2, 0.25) is 11.8 Å². The molecule has 2 aliphatic heterocycles. The van der Waals surface area contributed by atoms with Crippen molar-refractivity contribution in [1.82, 2.24) is 10.2 Å². The summed E-state index contributed by atoms with van der Waals surface area (Å²) < 4.78 is 11.0. The second kappa shape index (κ2) is 7.31. The molecule has 136 valence electrons. The van der Waals surface area contributed by atoms with Crippen molar-refractivity contribution in [1.29, 1.82) is 0 Å². The van der Waals surface area contributed by atoms with E-state index < -0.39 is 5.60 Å². The summed E-state index contributed by atoms with van der Waals surface area (Å²) in [5, 5.41) is 13.1. The smallest absolute Gasteiger partial charge is 0.227 e. The van der Waals surface area contributed by atoms with E-state index in [1.54, 1.807) is 11.9 Å². The average molecular weight is 348 g/mol. The Hall–Kier alpha value is -2.28. The number of hydrogen-bond donors (Lipinski definition) is 2. The number of amides is 2. The van der Waals surface area contributed by atoms with E-state index in [9.17, 15) is 14.7 Å². The molecule has 1 aromatic rings. The van der Waals surface area contributed by atoms with Crippen molar-refractivity contribution >= 4 is 11.8 Å². The Morgan fingerprint density at radius 2 is 2.04 bits per heavy atom. The summed E-state index contributed by atoms with van der Waals surface area (Å²) in [4.78, 5) is 25.9. The SMILES string of the molecule is CNC(=O)CC1(O)CCCN(C(=O)Cc2ccc3c(c2)OCCO3)C1. The molecule has 0 spiro atoms. The quantitative estimate of drug-likeness (QED) is 0.827. The van der Waals surface area contributed by atoms with Gasteiger partial charge in [-0.2, -0.15) is 0 Å².